The number of amides is 1. The summed E-state index contributed by atoms with van der Waals surface area (Å²) >= 11 is 0. The molecule has 1 aromatic carbocycles. The third kappa shape index (κ3) is 4.36. The maximum absolute atomic E-state index is 11.7. The lowest BCUT2D eigenvalue weighted by Crippen LogP contribution is -2.36. The maximum atomic E-state index is 11.7. The molecule has 5 heteroatoms. The first-order chi connectivity index (χ1) is 9.89. The molecule has 0 spiro atoms. The zero-order valence-corrected chi connectivity index (χ0v) is 12.9. The molecule has 1 amide bonds. The van der Waals surface area contributed by atoms with Crippen LogP contribution in [0.2, 0.25) is 0 Å². The predicted molar refractivity (Wildman–Crippen MR) is 81.7 cm³/mol. The number of alkyl carbamates (subject to hydrolysis) is 1. The van der Waals surface area contributed by atoms with Gasteiger partial charge in [-0.3, -0.25) is 0 Å². The van der Waals surface area contributed by atoms with Crippen LogP contribution in [0.25, 0.3) is 0 Å². The molecule has 1 aliphatic heterocycles. The molecule has 2 rings (SSSR count). The van der Waals surface area contributed by atoms with Gasteiger partial charge >= 0.3 is 6.09 Å². The van der Waals surface area contributed by atoms with E-state index in [0.29, 0.717) is 13.1 Å². The van der Waals surface area contributed by atoms with Crippen molar-refractivity contribution in [1.29, 1.82) is 0 Å². The van der Waals surface area contributed by atoms with E-state index < -0.39 is 11.7 Å². The fourth-order valence-corrected chi connectivity index (χ4v) is 2.32. The Morgan fingerprint density at radius 3 is 2.90 bits per heavy atom. The molecule has 0 saturated carbocycles. The van der Waals surface area contributed by atoms with E-state index in [0.717, 1.165) is 24.3 Å². The van der Waals surface area contributed by atoms with Gasteiger partial charge in [-0.15, -0.1) is 0 Å². The van der Waals surface area contributed by atoms with Crippen LogP contribution in [0.1, 0.15) is 37.8 Å². The molecule has 1 aromatic rings. The number of nitrogens with one attached hydrogen (secondary N) is 1. The van der Waals surface area contributed by atoms with E-state index in [1.54, 1.807) is 0 Å². The molecular formula is C16H24N2O3. The number of carbonyl (C=O) groups excluding carboxylic acids is 1. The van der Waals surface area contributed by atoms with Gasteiger partial charge in [0.05, 0.1) is 6.61 Å². The van der Waals surface area contributed by atoms with Gasteiger partial charge in [0.25, 0.3) is 0 Å². The van der Waals surface area contributed by atoms with E-state index in [1.807, 2.05) is 32.9 Å². The second-order valence-corrected chi connectivity index (χ2v) is 6.28. The van der Waals surface area contributed by atoms with Crippen LogP contribution in [-0.2, 0) is 11.2 Å². The highest BCUT2D eigenvalue weighted by Crippen LogP contribution is 2.28. The first kappa shape index (κ1) is 15.6. The number of fused-ring (bicyclic) bond motifs is 1. The van der Waals surface area contributed by atoms with E-state index in [1.165, 1.54) is 5.56 Å². The SMILES string of the molecule is CC(C)(C)OC(=O)NCC(CN)c1ccc2c(c1)CCO2. The number of benzene rings is 1. The van der Waals surface area contributed by atoms with Crippen molar-refractivity contribution in [3.8, 4) is 5.75 Å². The van der Waals surface area contributed by atoms with E-state index in [-0.39, 0.29) is 5.92 Å². The molecule has 0 bridgehead atoms. The third-order valence-electron chi connectivity index (χ3n) is 3.36. The third-order valence-corrected chi connectivity index (χ3v) is 3.36. The molecule has 116 valence electrons. The Kier molecular flexibility index (Phi) is 4.73. The lowest BCUT2D eigenvalue weighted by Gasteiger charge is -2.22. The molecule has 21 heavy (non-hydrogen) atoms. The zero-order valence-electron chi connectivity index (χ0n) is 12.9. The topological polar surface area (TPSA) is 73.6 Å². The molecule has 1 heterocycles. The highest BCUT2D eigenvalue weighted by molar-refractivity contribution is 5.67. The quantitative estimate of drug-likeness (QED) is 0.892. The number of hydrogen-bond donors (Lipinski definition) is 2. The molecule has 0 aromatic heterocycles. The van der Waals surface area contributed by atoms with Crippen molar-refractivity contribution in [2.75, 3.05) is 19.7 Å². The van der Waals surface area contributed by atoms with Gasteiger partial charge in [-0.1, -0.05) is 12.1 Å². The van der Waals surface area contributed by atoms with Gasteiger partial charge in [-0.2, -0.15) is 0 Å². The summed E-state index contributed by atoms with van der Waals surface area (Å²) in [6.45, 7) is 7.19. The predicted octanol–water partition coefficient (Wildman–Crippen LogP) is 2.19. The molecule has 1 unspecified atom stereocenters. The maximum Gasteiger partial charge on any atom is 0.407 e. The van der Waals surface area contributed by atoms with Crippen LogP contribution in [0.3, 0.4) is 0 Å². The van der Waals surface area contributed by atoms with Gasteiger partial charge in [0.15, 0.2) is 0 Å². The second-order valence-electron chi connectivity index (χ2n) is 6.28. The van der Waals surface area contributed by atoms with Crippen molar-refractivity contribution in [1.82, 2.24) is 5.32 Å². The van der Waals surface area contributed by atoms with E-state index in [2.05, 4.69) is 11.4 Å². The average Bonchev–Trinajstić information content (AvgIpc) is 2.84. The number of rotatable bonds is 4. The Bertz CT molecular complexity index is 509. The van der Waals surface area contributed by atoms with Crippen LogP contribution in [0.15, 0.2) is 18.2 Å². The van der Waals surface area contributed by atoms with Gasteiger partial charge < -0.3 is 20.5 Å². The number of carbonyl (C=O) groups is 1. The molecule has 0 saturated heterocycles. The normalized spacial score (nSPS) is 15.0. The lowest BCUT2D eigenvalue weighted by atomic mass is 9.96. The Hall–Kier alpha value is -1.75. The summed E-state index contributed by atoms with van der Waals surface area (Å²) in [5, 5.41) is 2.78. The fourth-order valence-electron chi connectivity index (χ4n) is 2.32. The molecule has 0 radical (unpaired) electrons. The van der Waals surface area contributed by atoms with Crippen LogP contribution in [-0.4, -0.2) is 31.4 Å². The molecule has 5 nitrogen and oxygen atoms in total. The Labute approximate surface area is 125 Å². The van der Waals surface area contributed by atoms with Crippen molar-refractivity contribution in [3.05, 3.63) is 29.3 Å². The highest BCUT2D eigenvalue weighted by atomic mass is 16.6. The fraction of sp³-hybridized carbons (Fsp3) is 0.562. The highest BCUT2D eigenvalue weighted by Gasteiger charge is 2.19. The van der Waals surface area contributed by atoms with Gasteiger partial charge in [0.2, 0.25) is 0 Å². The summed E-state index contributed by atoms with van der Waals surface area (Å²) in [6, 6.07) is 6.11. The van der Waals surface area contributed by atoms with Crippen LogP contribution < -0.4 is 15.8 Å². The van der Waals surface area contributed by atoms with Crippen LogP contribution in [0.4, 0.5) is 4.79 Å². The van der Waals surface area contributed by atoms with Crippen molar-refractivity contribution in [2.45, 2.75) is 38.7 Å². The molecule has 1 atom stereocenters. The monoisotopic (exact) mass is 292 g/mol. The van der Waals surface area contributed by atoms with Crippen LogP contribution in [0, 0.1) is 0 Å². The average molecular weight is 292 g/mol. The molecule has 3 N–H and O–H groups in total. The Morgan fingerprint density at radius 2 is 2.24 bits per heavy atom. The number of hydrogen-bond acceptors (Lipinski definition) is 4. The van der Waals surface area contributed by atoms with Gasteiger partial charge in [0.1, 0.15) is 11.4 Å². The summed E-state index contributed by atoms with van der Waals surface area (Å²) in [7, 11) is 0. The Balaban J connectivity index is 1.95. The zero-order chi connectivity index (χ0) is 15.5. The number of ether oxygens (including phenoxy) is 2. The van der Waals surface area contributed by atoms with E-state index >= 15 is 0 Å². The number of nitrogens with two attached hydrogens (primary N) is 1. The molecular weight excluding hydrogens is 268 g/mol. The largest absolute Gasteiger partial charge is 0.493 e. The standard InChI is InChI=1S/C16H24N2O3/c1-16(2,3)21-15(19)18-10-13(9-17)11-4-5-14-12(8-11)6-7-20-14/h4-5,8,13H,6-7,9-10,17H2,1-3H3,(H,18,19). The first-order valence-corrected chi connectivity index (χ1v) is 7.31. The summed E-state index contributed by atoms with van der Waals surface area (Å²) in [5.74, 6) is 1.03. The molecule has 1 aliphatic rings. The van der Waals surface area contributed by atoms with Gasteiger partial charge in [-0.25, -0.2) is 4.79 Å². The summed E-state index contributed by atoms with van der Waals surface area (Å²) in [4.78, 5) is 11.7. The molecule has 0 aliphatic carbocycles. The second kappa shape index (κ2) is 6.35. The van der Waals surface area contributed by atoms with Crippen molar-refractivity contribution < 1.29 is 14.3 Å². The van der Waals surface area contributed by atoms with E-state index in [4.69, 9.17) is 15.2 Å². The lowest BCUT2D eigenvalue weighted by molar-refractivity contribution is 0.0525. The van der Waals surface area contributed by atoms with Crippen molar-refractivity contribution in [2.24, 2.45) is 5.73 Å². The van der Waals surface area contributed by atoms with Crippen LogP contribution >= 0.6 is 0 Å². The van der Waals surface area contributed by atoms with Gasteiger partial charge in [0, 0.05) is 25.4 Å². The smallest absolute Gasteiger partial charge is 0.407 e. The first-order valence-electron chi connectivity index (χ1n) is 7.31. The minimum Gasteiger partial charge on any atom is -0.493 e. The van der Waals surface area contributed by atoms with Crippen molar-refractivity contribution >= 4 is 6.09 Å². The molecule has 0 fully saturated rings. The van der Waals surface area contributed by atoms with Crippen LogP contribution in [0.5, 0.6) is 5.75 Å². The van der Waals surface area contributed by atoms with Crippen molar-refractivity contribution in [3.63, 3.8) is 0 Å². The van der Waals surface area contributed by atoms with Gasteiger partial charge in [-0.05, 0) is 38.0 Å². The minimum atomic E-state index is -0.493. The van der Waals surface area contributed by atoms with E-state index in [9.17, 15) is 4.79 Å². The summed E-state index contributed by atoms with van der Waals surface area (Å²) in [6.07, 6.45) is 0.519. The minimum absolute atomic E-state index is 0.0726. The summed E-state index contributed by atoms with van der Waals surface area (Å²) < 4.78 is 10.7. The summed E-state index contributed by atoms with van der Waals surface area (Å²) in [5.41, 5.74) is 7.68. The Morgan fingerprint density at radius 1 is 1.48 bits per heavy atom.